The Morgan fingerprint density at radius 2 is 1.79 bits per heavy atom. The highest BCUT2D eigenvalue weighted by atomic mass is 79.9. The number of aryl methyl sites for hydroxylation is 1. The third kappa shape index (κ3) is 3.68. The van der Waals surface area contributed by atoms with Gasteiger partial charge in [-0.25, -0.2) is 8.42 Å². The standard InChI is InChI=1S/C22H31BrN2O3S/c1-4-25(5-2)29(27,28)19-9-18(7-6-15(19)3)24-20(26)21-10-16-8-17(11-21)13-22(23,12-16)14-21/h6-7,9,16-17H,4-5,8,10-14H2,1-3H3,(H,24,26)/t16-,17-,21?,22?/m0/s1. The Balaban J connectivity index is 1.60. The van der Waals surface area contributed by atoms with Crippen molar-refractivity contribution < 1.29 is 13.2 Å². The molecule has 5 nitrogen and oxygen atoms in total. The fourth-order valence-electron chi connectivity index (χ4n) is 6.34. The fraction of sp³-hybridized carbons (Fsp3) is 0.682. The number of carbonyl (C=O) groups is 1. The first-order chi connectivity index (χ1) is 13.6. The molecule has 4 aliphatic rings. The van der Waals surface area contributed by atoms with E-state index in [2.05, 4.69) is 21.2 Å². The molecule has 1 N–H and O–H groups in total. The van der Waals surface area contributed by atoms with E-state index in [-0.39, 0.29) is 20.5 Å². The molecule has 0 aromatic heterocycles. The molecule has 29 heavy (non-hydrogen) atoms. The number of rotatable bonds is 6. The van der Waals surface area contributed by atoms with Crippen LogP contribution in [0.2, 0.25) is 0 Å². The Morgan fingerprint density at radius 1 is 1.17 bits per heavy atom. The minimum atomic E-state index is -3.57. The number of carbonyl (C=O) groups excluding carboxylic acids is 1. The summed E-state index contributed by atoms with van der Waals surface area (Å²) >= 11 is 3.96. The molecule has 7 heteroatoms. The van der Waals surface area contributed by atoms with E-state index >= 15 is 0 Å². The Hall–Kier alpha value is -0.920. The predicted molar refractivity (Wildman–Crippen MR) is 119 cm³/mol. The maximum absolute atomic E-state index is 13.4. The number of anilines is 1. The van der Waals surface area contributed by atoms with Gasteiger partial charge in [-0.2, -0.15) is 4.31 Å². The lowest BCUT2D eigenvalue weighted by molar-refractivity contribution is -0.138. The van der Waals surface area contributed by atoms with E-state index in [1.165, 1.54) is 23.6 Å². The lowest BCUT2D eigenvalue weighted by atomic mass is 9.49. The number of alkyl halides is 1. The number of hydrogen-bond donors (Lipinski definition) is 1. The van der Waals surface area contributed by atoms with Crippen LogP contribution in [0.5, 0.6) is 0 Å². The first-order valence-corrected chi connectivity index (χ1v) is 13.0. The van der Waals surface area contributed by atoms with Gasteiger partial charge in [-0.05, 0) is 75.0 Å². The van der Waals surface area contributed by atoms with Gasteiger partial charge in [0.15, 0.2) is 0 Å². The van der Waals surface area contributed by atoms with Crippen molar-refractivity contribution in [3.05, 3.63) is 23.8 Å². The largest absolute Gasteiger partial charge is 0.326 e. The SMILES string of the molecule is CCN(CC)S(=O)(=O)c1cc(NC(=O)C23C[C@@H]4C[C@H](CC(Br)(C4)C2)C3)ccc1C. The van der Waals surface area contributed by atoms with Crippen LogP contribution in [0, 0.1) is 24.2 Å². The Morgan fingerprint density at radius 3 is 2.34 bits per heavy atom. The summed E-state index contributed by atoms with van der Waals surface area (Å²) in [6.45, 7) is 6.33. The van der Waals surface area contributed by atoms with Crippen molar-refractivity contribution in [1.82, 2.24) is 4.31 Å². The molecule has 0 aliphatic heterocycles. The van der Waals surface area contributed by atoms with Crippen LogP contribution in [0.25, 0.3) is 0 Å². The van der Waals surface area contributed by atoms with Crippen LogP contribution >= 0.6 is 15.9 Å². The van der Waals surface area contributed by atoms with Crippen molar-refractivity contribution in [3.8, 4) is 0 Å². The van der Waals surface area contributed by atoms with Gasteiger partial charge in [0.2, 0.25) is 15.9 Å². The van der Waals surface area contributed by atoms with E-state index in [4.69, 9.17) is 0 Å². The molecule has 0 unspecified atom stereocenters. The van der Waals surface area contributed by atoms with Crippen molar-refractivity contribution >= 4 is 37.5 Å². The fourth-order valence-corrected chi connectivity index (χ4v) is 9.50. The van der Waals surface area contributed by atoms with Gasteiger partial charge in [-0.15, -0.1) is 0 Å². The van der Waals surface area contributed by atoms with Crippen LogP contribution in [0.3, 0.4) is 0 Å². The first-order valence-electron chi connectivity index (χ1n) is 10.7. The topological polar surface area (TPSA) is 66.5 Å². The molecule has 0 saturated heterocycles. The summed E-state index contributed by atoms with van der Waals surface area (Å²) in [6.07, 6.45) is 6.40. The second-order valence-electron chi connectivity index (χ2n) is 9.42. The molecule has 1 amide bonds. The van der Waals surface area contributed by atoms with E-state index in [0.717, 1.165) is 19.3 Å². The number of nitrogens with one attached hydrogen (secondary N) is 1. The normalized spacial score (nSPS) is 33.3. The molecular formula is C22H31BrN2O3S. The first kappa shape index (κ1) is 21.3. The van der Waals surface area contributed by atoms with Crippen molar-refractivity contribution in [2.24, 2.45) is 17.3 Å². The lowest BCUT2D eigenvalue weighted by Crippen LogP contribution is -2.57. The van der Waals surface area contributed by atoms with Crippen LogP contribution in [-0.2, 0) is 14.8 Å². The third-order valence-electron chi connectivity index (χ3n) is 7.24. The van der Waals surface area contributed by atoms with Crippen molar-refractivity contribution in [1.29, 1.82) is 0 Å². The second-order valence-corrected chi connectivity index (χ2v) is 13.0. The van der Waals surface area contributed by atoms with Crippen molar-refractivity contribution in [2.45, 2.75) is 68.5 Å². The molecular weight excluding hydrogens is 452 g/mol. The molecule has 2 atom stereocenters. The molecule has 1 aromatic carbocycles. The Labute approximate surface area is 182 Å². The van der Waals surface area contributed by atoms with Crippen LogP contribution in [-0.4, -0.2) is 36.0 Å². The number of amides is 1. The van der Waals surface area contributed by atoms with Gasteiger partial charge in [-0.3, -0.25) is 4.79 Å². The highest BCUT2D eigenvalue weighted by Crippen LogP contribution is 2.64. The highest BCUT2D eigenvalue weighted by Gasteiger charge is 2.59. The van der Waals surface area contributed by atoms with Crippen LogP contribution in [0.1, 0.15) is 57.9 Å². The van der Waals surface area contributed by atoms with Crippen molar-refractivity contribution in [2.75, 3.05) is 18.4 Å². The third-order valence-corrected chi connectivity index (χ3v) is 10.4. The van der Waals surface area contributed by atoms with Crippen LogP contribution < -0.4 is 5.32 Å². The molecule has 1 aromatic rings. The summed E-state index contributed by atoms with van der Waals surface area (Å²) in [7, 11) is -3.57. The molecule has 4 bridgehead atoms. The molecule has 4 fully saturated rings. The predicted octanol–water partition coefficient (Wildman–Crippen LogP) is 4.70. The van der Waals surface area contributed by atoms with E-state index in [1.807, 2.05) is 19.9 Å². The van der Waals surface area contributed by atoms with E-state index in [0.29, 0.717) is 36.2 Å². The summed E-state index contributed by atoms with van der Waals surface area (Å²) < 4.78 is 27.6. The average Bonchev–Trinajstić information content (AvgIpc) is 2.62. The smallest absolute Gasteiger partial charge is 0.243 e. The summed E-state index contributed by atoms with van der Waals surface area (Å²) in [6, 6.07) is 5.24. The number of halogens is 1. The number of sulfonamides is 1. The zero-order chi connectivity index (χ0) is 21.0. The molecule has 0 spiro atoms. The zero-order valence-electron chi connectivity index (χ0n) is 17.5. The maximum atomic E-state index is 13.4. The van der Waals surface area contributed by atoms with Crippen LogP contribution in [0.4, 0.5) is 5.69 Å². The van der Waals surface area contributed by atoms with Crippen molar-refractivity contribution in [3.63, 3.8) is 0 Å². The van der Waals surface area contributed by atoms with Gasteiger partial charge in [-0.1, -0.05) is 35.8 Å². The Kier molecular flexibility index (Phi) is 5.40. The maximum Gasteiger partial charge on any atom is 0.243 e. The molecule has 5 rings (SSSR count). The highest BCUT2D eigenvalue weighted by molar-refractivity contribution is 9.10. The van der Waals surface area contributed by atoms with Crippen LogP contribution in [0.15, 0.2) is 23.1 Å². The molecule has 0 radical (unpaired) electrons. The summed E-state index contributed by atoms with van der Waals surface area (Å²) in [5.74, 6) is 1.31. The van der Waals surface area contributed by atoms with Gasteiger partial charge in [0.25, 0.3) is 0 Å². The van der Waals surface area contributed by atoms with Gasteiger partial charge in [0.1, 0.15) is 0 Å². The summed E-state index contributed by atoms with van der Waals surface area (Å²) in [5, 5.41) is 3.09. The number of benzene rings is 1. The zero-order valence-corrected chi connectivity index (χ0v) is 19.9. The quantitative estimate of drug-likeness (QED) is 0.597. The van der Waals surface area contributed by atoms with E-state index in [1.54, 1.807) is 19.1 Å². The molecule has 0 heterocycles. The minimum Gasteiger partial charge on any atom is -0.326 e. The summed E-state index contributed by atoms with van der Waals surface area (Å²) in [5.41, 5.74) is 0.950. The van der Waals surface area contributed by atoms with Gasteiger partial charge in [0.05, 0.1) is 10.3 Å². The molecule has 4 aliphatic carbocycles. The minimum absolute atomic E-state index is 0.0606. The van der Waals surface area contributed by atoms with E-state index in [9.17, 15) is 13.2 Å². The molecule has 4 saturated carbocycles. The monoisotopic (exact) mass is 482 g/mol. The Bertz CT molecular complexity index is 912. The van der Waals surface area contributed by atoms with Gasteiger partial charge < -0.3 is 5.32 Å². The van der Waals surface area contributed by atoms with Gasteiger partial charge in [0, 0.05) is 23.1 Å². The number of hydrogen-bond acceptors (Lipinski definition) is 3. The lowest BCUT2D eigenvalue weighted by Gasteiger charge is -2.59. The average molecular weight is 483 g/mol. The summed E-state index contributed by atoms with van der Waals surface area (Å²) in [4.78, 5) is 13.7. The van der Waals surface area contributed by atoms with E-state index < -0.39 is 10.0 Å². The second kappa shape index (κ2) is 7.34. The molecule has 160 valence electrons. The number of nitrogens with zero attached hydrogens (tertiary/aromatic N) is 1. The van der Waals surface area contributed by atoms with Gasteiger partial charge >= 0.3 is 0 Å².